The van der Waals surface area contributed by atoms with Crippen molar-refractivity contribution in [2.75, 3.05) is 21.2 Å². The zero-order chi connectivity index (χ0) is 35.5. The summed E-state index contributed by atoms with van der Waals surface area (Å²) in [5, 5.41) is 41.6. The SMILES string of the molecule is CN=C1N[C@@H]2[C@@H](O)[C@H](O)[C@@H](C(=O)O)O[C@@H]2S1.COc1ccc(CO[C@H]2[C@H](C)[C@@H](C(=O)O)O[C@@H]3SC(N(C)C(=O)OC(C)(C)C)=N[C@H]23)cc1. The molecule has 48 heavy (non-hydrogen) atoms. The number of carbonyl (C=O) groups excluding carboxylic acids is 1. The Kier molecular flexibility index (Phi) is 12.3. The van der Waals surface area contributed by atoms with Gasteiger partial charge in [-0.15, -0.1) is 0 Å². The van der Waals surface area contributed by atoms with E-state index in [9.17, 15) is 29.7 Å². The number of hydrogen-bond acceptors (Lipinski definition) is 14. The topological polar surface area (TPSA) is 218 Å². The van der Waals surface area contributed by atoms with Crippen LogP contribution in [0.1, 0.15) is 33.3 Å². The first-order valence-electron chi connectivity index (χ1n) is 15.0. The van der Waals surface area contributed by atoms with E-state index >= 15 is 0 Å². The van der Waals surface area contributed by atoms with E-state index in [0.717, 1.165) is 11.3 Å². The number of amidine groups is 2. The number of fused-ring (bicyclic) bond motifs is 2. The molecule has 4 aliphatic heterocycles. The number of aliphatic imine (C=N–C) groups is 2. The summed E-state index contributed by atoms with van der Waals surface area (Å²) in [4.78, 5) is 44.9. The number of nitrogens with one attached hydrogen (secondary N) is 1. The number of amides is 1. The van der Waals surface area contributed by atoms with Gasteiger partial charge < -0.3 is 49.4 Å². The lowest BCUT2D eigenvalue weighted by molar-refractivity contribution is -0.186. The number of carbonyl (C=O) groups is 3. The quantitative estimate of drug-likeness (QED) is 0.283. The Morgan fingerprint density at radius 2 is 1.65 bits per heavy atom. The molecule has 1 aromatic carbocycles. The van der Waals surface area contributed by atoms with Gasteiger partial charge in [0.2, 0.25) is 0 Å². The second-order valence-corrected chi connectivity index (χ2v) is 14.5. The molecular formula is C30H42N4O12S2. The van der Waals surface area contributed by atoms with Gasteiger partial charge in [-0.2, -0.15) is 0 Å². The molecular weight excluding hydrogens is 672 g/mol. The molecule has 16 nitrogen and oxygen atoms in total. The van der Waals surface area contributed by atoms with Gasteiger partial charge in [0.1, 0.15) is 40.5 Å². The Hall–Kier alpha value is -3.13. The minimum Gasteiger partial charge on any atom is -0.497 e. The molecule has 4 heterocycles. The van der Waals surface area contributed by atoms with Gasteiger partial charge in [0.05, 0.1) is 25.9 Å². The molecule has 266 valence electrons. The number of methoxy groups -OCH3 is 1. The molecule has 5 N–H and O–H groups in total. The highest BCUT2D eigenvalue weighted by Crippen LogP contribution is 2.41. The highest BCUT2D eigenvalue weighted by Gasteiger charge is 2.52. The Morgan fingerprint density at radius 3 is 2.21 bits per heavy atom. The van der Waals surface area contributed by atoms with E-state index in [4.69, 9.17) is 28.8 Å². The number of rotatable bonds is 6. The Balaban J connectivity index is 0.000000271. The molecule has 10 atom stereocenters. The van der Waals surface area contributed by atoms with Crippen molar-refractivity contribution in [1.82, 2.24) is 10.2 Å². The lowest BCUT2D eigenvalue weighted by atomic mass is 9.90. The highest BCUT2D eigenvalue weighted by molar-refractivity contribution is 8.14. The zero-order valence-electron chi connectivity index (χ0n) is 27.5. The molecule has 5 rings (SSSR count). The molecule has 18 heteroatoms. The second kappa shape index (κ2) is 15.6. The predicted octanol–water partition coefficient (Wildman–Crippen LogP) is 1.57. The van der Waals surface area contributed by atoms with Crippen LogP contribution in [0.15, 0.2) is 34.3 Å². The standard InChI is InChI=1S/C22H30N2O7S.C8H12N2O5S/c1-12-16(29-11-13-7-9-14(28-6)10-8-13)15-19(30-17(12)18(25)26)32-20(23-15)24(5)21(27)31-22(2,3)4;1-9-8-10-2-3(11)4(12)5(6(13)14)15-7(2)16-8/h7-10,12,15-17,19H,11H2,1-6H3,(H,25,26);2-5,7,11-12H,1H3,(H,9,10)(H,13,14)/t12-,15+,16-,17-,19+;2-,3-,4+,5+,7-/m01/s1. The van der Waals surface area contributed by atoms with Gasteiger partial charge in [-0.1, -0.05) is 42.6 Å². The average molecular weight is 715 g/mol. The van der Waals surface area contributed by atoms with Crippen LogP contribution in [0.5, 0.6) is 5.75 Å². The number of aliphatic hydroxyl groups excluding tert-OH is 2. The maximum Gasteiger partial charge on any atom is 0.416 e. The fourth-order valence-corrected chi connectivity index (χ4v) is 7.46. The molecule has 0 aliphatic carbocycles. The molecule has 0 radical (unpaired) electrons. The highest BCUT2D eigenvalue weighted by atomic mass is 32.2. The third-order valence-corrected chi connectivity index (χ3v) is 10.1. The molecule has 1 aromatic rings. The molecule has 1 amide bonds. The monoisotopic (exact) mass is 714 g/mol. The van der Waals surface area contributed by atoms with E-state index in [0.29, 0.717) is 10.3 Å². The van der Waals surface area contributed by atoms with Crippen LogP contribution < -0.4 is 10.1 Å². The minimum atomic E-state index is -1.44. The summed E-state index contributed by atoms with van der Waals surface area (Å²) >= 11 is 2.41. The maximum absolute atomic E-state index is 12.5. The summed E-state index contributed by atoms with van der Waals surface area (Å²) in [5.41, 5.74) is -0.842. The van der Waals surface area contributed by atoms with E-state index in [-0.39, 0.29) is 6.61 Å². The second-order valence-electron chi connectivity index (χ2n) is 12.4. The summed E-state index contributed by atoms with van der Waals surface area (Å²) in [7, 11) is 4.75. The number of carboxylic acids is 2. The number of thioether (sulfide) groups is 2. The van der Waals surface area contributed by atoms with Crippen molar-refractivity contribution in [1.29, 1.82) is 0 Å². The lowest BCUT2D eigenvalue weighted by Gasteiger charge is -2.39. The van der Waals surface area contributed by atoms with E-state index < -0.39 is 83.0 Å². The van der Waals surface area contributed by atoms with Gasteiger partial charge in [0.25, 0.3) is 0 Å². The zero-order valence-corrected chi connectivity index (χ0v) is 29.1. The number of aliphatic carboxylic acids is 2. The maximum atomic E-state index is 12.5. The fraction of sp³-hybridized carbons (Fsp3) is 0.633. The fourth-order valence-electron chi connectivity index (χ4n) is 5.23. The number of hydrogen-bond donors (Lipinski definition) is 5. The van der Waals surface area contributed by atoms with Crippen LogP contribution in [0, 0.1) is 5.92 Å². The Labute approximate surface area is 286 Å². The van der Waals surface area contributed by atoms with Gasteiger partial charge in [-0.3, -0.25) is 14.9 Å². The van der Waals surface area contributed by atoms with E-state index in [1.807, 2.05) is 24.3 Å². The summed E-state index contributed by atoms with van der Waals surface area (Å²) in [6, 6.07) is 6.48. The largest absolute Gasteiger partial charge is 0.497 e. The number of nitrogens with zero attached hydrogens (tertiary/aromatic N) is 3. The van der Waals surface area contributed by atoms with Gasteiger partial charge in [-0.25, -0.2) is 14.4 Å². The summed E-state index contributed by atoms with van der Waals surface area (Å²) in [6.07, 6.45) is -6.11. The van der Waals surface area contributed by atoms with E-state index in [2.05, 4.69) is 15.3 Å². The van der Waals surface area contributed by atoms with Gasteiger partial charge in [0, 0.05) is 20.0 Å². The van der Waals surface area contributed by atoms with Crippen molar-refractivity contribution < 1.29 is 58.5 Å². The van der Waals surface area contributed by atoms with Crippen molar-refractivity contribution in [2.45, 2.75) is 93.4 Å². The Morgan fingerprint density at radius 1 is 1.02 bits per heavy atom. The minimum absolute atomic E-state index is 0.284. The number of aliphatic hydroxyl groups is 2. The third kappa shape index (κ3) is 8.71. The molecule has 3 saturated heterocycles. The van der Waals surface area contributed by atoms with Crippen molar-refractivity contribution in [3.63, 3.8) is 0 Å². The van der Waals surface area contributed by atoms with E-state index in [1.54, 1.807) is 48.9 Å². The number of carboxylic acid groups (broad SMARTS) is 2. The van der Waals surface area contributed by atoms with Crippen molar-refractivity contribution in [2.24, 2.45) is 15.9 Å². The smallest absolute Gasteiger partial charge is 0.416 e. The molecule has 0 saturated carbocycles. The number of benzene rings is 1. The van der Waals surface area contributed by atoms with Crippen LogP contribution in [0.4, 0.5) is 4.79 Å². The number of ether oxygens (including phenoxy) is 5. The first kappa shape index (κ1) is 37.7. The van der Waals surface area contributed by atoms with Crippen LogP contribution >= 0.6 is 23.5 Å². The molecule has 0 aromatic heterocycles. The predicted molar refractivity (Wildman–Crippen MR) is 176 cm³/mol. The van der Waals surface area contributed by atoms with Crippen molar-refractivity contribution in [3.8, 4) is 5.75 Å². The third-order valence-electron chi connectivity index (χ3n) is 7.74. The Bertz CT molecular complexity index is 1390. The molecule has 0 bridgehead atoms. The normalized spacial score (nSPS) is 33.3. The lowest BCUT2D eigenvalue weighted by Crippen LogP contribution is -2.60. The summed E-state index contributed by atoms with van der Waals surface area (Å²) in [5.74, 6) is -2.04. The molecule has 0 unspecified atom stereocenters. The van der Waals surface area contributed by atoms with Crippen molar-refractivity contribution >= 4 is 51.9 Å². The van der Waals surface area contributed by atoms with Crippen LogP contribution in [0.2, 0.25) is 0 Å². The first-order valence-corrected chi connectivity index (χ1v) is 16.8. The molecule has 0 spiro atoms. The van der Waals surface area contributed by atoms with Crippen LogP contribution in [0.25, 0.3) is 0 Å². The molecule has 4 aliphatic rings. The summed E-state index contributed by atoms with van der Waals surface area (Å²) < 4.78 is 27.8. The average Bonchev–Trinajstić information content (AvgIpc) is 3.65. The van der Waals surface area contributed by atoms with Gasteiger partial charge >= 0.3 is 18.0 Å². The van der Waals surface area contributed by atoms with Crippen LogP contribution in [-0.4, -0.2) is 134 Å². The summed E-state index contributed by atoms with van der Waals surface area (Å²) in [6.45, 7) is 7.42. The molecule has 3 fully saturated rings. The van der Waals surface area contributed by atoms with Gasteiger partial charge in [0.15, 0.2) is 22.5 Å². The van der Waals surface area contributed by atoms with Crippen molar-refractivity contribution in [3.05, 3.63) is 29.8 Å². The van der Waals surface area contributed by atoms with E-state index in [1.165, 1.54) is 28.4 Å². The first-order chi connectivity index (χ1) is 22.5. The van der Waals surface area contributed by atoms with Gasteiger partial charge in [-0.05, 0) is 38.5 Å². The van der Waals surface area contributed by atoms with Crippen LogP contribution in [0.3, 0.4) is 0 Å². The van der Waals surface area contributed by atoms with Crippen LogP contribution in [-0.2, 0) is 35.1 Å².